The third-order valence-corrected chi connectivity index (χ3v) is 3.30. The fourth-order valence-corrected chi connectivity index (χ4v) is 2.22. The molecule has 0 aliphatic heterocycles. The van der Waals surface area contributed by atoms with Crippen molar-refractivity contribution >= 4 is 38.9 Å². The molecular formula is C13H6BrClF2N2. The lowest BCUT2D eigenvalue weighted by Gasteiger charge is -2.10. The summed E-state index contributed by atoms with van der Waals surface area (Å²) in [6.45, 7) is 0. The van der Waals surface area contributed by atoms with E-state index in [-0.39, 0.29) is 15.2 Å². The average Bonchev–Trinajstić information content (AvgIpc) is 2.34. The largest absolute Gasteiger partial charge is 0.352 e. The van der Waals surface area contributed by atoms with Gasteiger partial charge in [0.2, 0.25) is 0 Å². The van der Waals surface area contributed by atoms with Gasteiger partial charge in [0.15, 0.2) is 5.82 Å². The van der Waals surface area contributed by atoms with Crippen molar-refractivity contribution < 1.29 is 8.78 Å². The third kappa shape index (κ3) is 3.03. The van der Waals surface area contributed by atoms with Gasteiger partial charge in [-0.15, -0.1) is 0 Å². The van der Waals surface area contributed by atoms with Crippen LogP contribution < -0.4 is 5.32 Å². The van der Waals surface area contributed by atoms with Crippen LogP contribution >= 0.6 is 27.5 Å². The van der Waals surface area contributed by atoms with E-state index in [1.807, 2.05) is 6.07 Å². The van der Waals surface area contributed by atoms with Gasteiger partial charge in [0.05, 0.1) is 16.3 Å². The van der Waals surface area contributed by atoms with Crippen molar-refractivity contribution in [2.24, 2.45) is 0 Å². The average molecular weight is 344 g/mol. The molecule has 2 aromatic rings. The lowest BCUT2D eigenvalue weighted by molar-refractivity contribution is 0.584. The van der Waals surface area contributed by atoms with Crippen molar-refractivity contribution in [1.29, 1.82) is 5.26 Å². The monoisotopic (exact) mass is 342 g/mol. The number of nitrogens with zero attached hydrogens (tertiary/aromatic N) is 1. The Balaban J connectivity index is 2.37. The van der Waals surface area contributed by atoms with Gasteiger partial charge >= 0.3 is 0 Å². The Kier molecular flexibility index (Phi) is 4.03. The molecular weight excluding hydrogens is 338 g/mol. The van der Waals surface area contributed by atoms with E-state index in [2.05, 4.69) is 21.2 Å². The van der Waals surface area contributed by atoms with Gasteiger partial charge < -0.3 is 5.32 Å². The first kappa shape index (κ1) is 13.8. The number of nitrogens with one attached hydrogen (secondary N) is 1. The maximum atomic E-state index is 13.6. The van der Waals surface area contributed by atoms with Gasteiger partial charge in [0, 0.05) is 16.2 Å². The van der Waals surface area contributed by atoms with Crippen LogP contribution in [0.15, 0.2) is 34.8 Å². The zero-order valence-electron chi connectivity index (χ0n) is 9.35. The minimum absolute atomic E-state index is 0.0992. The first-order valence-electron chi connectivity index (χ1n) is 5.12. The van der Waals surface area contributed by atoms with Gasteiger partial charge in [0.1, 0.15) is 11.9 Å². The van der Waals surface area contributed by atoms with Crippen molar-refractivity contribution in [2.75, 3.05) is 5.32 Å². The van der Waals surface area contributed by atoms with Gasteiger partial charge in [-0.1, -0.05) is 11.6 Å². The van der Waals surface area contributed by atoms with E-state index in [4.69, 9.17) is 16.9 Å². The lowest BCUT2D eigenvalue weighted by Crippen LogP contribution is -1.96. The summed E-state index contributed by atoms with van der Waals surface area (Å²) in [5.41, 5.74) is 0.920. The van der Waals surface area contributed by atoms with E-state index in [1.165, 1.54) is 12.1 Å². The molecule has 0 saturated heterocycles. The Morgan fingerprint density at radius 2 is 1.95 bits per heavy atom. The Morgan fingerprint density at radius 1 is 1.21 bits per heavy atom. The Hall–Kier alpha value is -1.64. The summed E-state index contributed by atoms with van der Waals surface area (Å²) in [5.74, 6) is -1.40. The van der Waals surface area contributed by atoms with E-state index < -0.39 is 11.6 Å². The second-order valence-electron chi connectivity index (χ2n) is 3.68. The second kappa shape index (κ2) is 5.55. The van der Waals surface area contributed by atoms with Crippen LogP contribution in [0.5, 0.6) is 0 Å². The predicted molar refractivity (Wildman–Crippen MR) is 73.5 cm³/mol. The SMILES string of the molecule is N#Cc1ccc(Nc2c(F)cc(F)cc2Br)cc1Cl. The first-order valence-corrected chi connectivity index (χ1v) is 6.29. The molecule has 2 rings (SSSR count). The molecule has 2 aromatic carbocycles. The topological polar surface area (TPSA) is 35.8 Å². The number of anilines is 2. The van der Waals surface area contributed by atoms with Crippen molar-refractivity contribution in [1.82, 2.24) is 0 Å². The molecule has 0 unspecified atom stereocenters. The molecule has 0 heterocycles. The number of rotatable bonds is 2. The molecule has 0 amide bonds. The molecule has 0 aromatic heterocycles. The maximum absolute atomic E-state index is 13.6. The predicted octanol–water partition coefficient (Wildman–Crippen LogP) is 5.00. The number of nitriles is 1. The smallest absolute Gasteiger partial charge is 0.150 e. The molecule has 0 radical (unpaired) electrons. The maximum Gasteiger partial charge on any atom is 0.150 e. The molecule has 96 valence electrons. The fourth-order valence-electron chi connectivity index (χ4n) is 1.49. The van der Waals surface area contributed by atoms with Crippen LogP contribution in [-0.4, -0.2) is 0 Å². The Morgan fingerprint density at radius 3 is 2.53 bits per heavy atom. The van der Waals surface area contributed by atoms with Crippen LogP contribution in [0.4, 0.5) is 20.2 Å². The quantitative estimate of drug-likeness (QED) is 0.833. The lowest BCUT2D eigenvalue weighted by atomic mass is 10.2. The molecule has 19 heavy (non-hydrogen) atoms. The van der Waals surface area contributed by atoms with Crippen molar-refractivity contribution in [2.45, 2.75) is 0 Å². The molecule has 0 aliphatic rings. The molecule has 2 nitrogen and oxygen atoms in total. The number of benzene rings is 2. The van der Waals surface area contributed by atoms with E-state index in [9.17, 15) is 8.78 Å². The first-order chi connectivity index (χ1) is 9.01. The molecule has 0 atom stereocenters. The zero-order chi connectivity index (χ0) is 14.0. The van der Waals surface area contributed by atoms with Crippen molar-refractivity contribution in [3.8, 4) is 6.07 Å². The summed E-state index contributed by atoms with van der Waals surface area (Å²) in [5, 5.41) is 11.8. The summed E-state index contributed by atoms with van der Waals surface area (Å²) in [6.07, 6.45) is 0. The van der Waals surface area contributed by atoms with Crippen molar-refractivity contribution in [3.63, 3.8) is 0 Å². The van der Waals surface area contributed by atoms with Gasteiger partial charge in [-0.2, -0.15) is 5.26 Å². The Bertz CT molecular complexity index is 660. The zero-order valence-corrected chi connectivity index (χ0v) is 11.7. The van der Waals surface area contributed by atoms with E-state index in [0.717, 1.165) is 12.1 Å². The second-order valence-corrected chi connectivity index (χ2v) is 4.94. The third-order valence-electron chi connectivity index (χ3n) is 2.37. The van der Waals surface area contributed by atoms with Crippen LogP contribution in [0.2, 0.25) is 5.02 Å². The summed E-state index contributed by atoms with van der Waals surface area (Å²) < 4.78 is 26.8. The number of hydrogen-bond acceptors (Lipinski definition) is 2. The molecule has 6 heteroatoms. The standard InChI is InChI=1S/C13H6BrClF2N2/c14-10-3-8(16)4-12(17)13(10)19-9-2-1-7(6-18)11(15)5-9/h1-5,19H. The fraction of sp³-hybridized carbons (Fsp3) is 0. The van der Waals surface area contributed by atoms with Gasteiger partial charge in [-0.3, -0.25) is 0 Å². The Labute approximate surface area is 121 Å². The molecule has 0 fully saturated rings. The minimum Gasteiger partial charge on any atom is -0.352 e. The van der Waals surface area contributed by atoms with Crippen LogP contribution in [0.3, 0.4) is 0 Å². The molecule has 0 saturated carbocycles. The summed E-state index contributed by atoms with van der Waals surface area (Å²) >= 11 is 8.95. The molecule has 1 N–H and O–H groups in total. The highest BCUT2D eigenvalue weighted by Gasteiger charge is 2.10. The van der Waals surface area contributed by atoms with E-state index in [0.29, 0.717) is 11.3 Å². The molecule has 0 bridgehead atoms. The molecule has 0 spiro atoms. The van der Waals surface area contributed by atoms with E-state index in [1.54, 1.807) is 6.07 Å². The highest BCUT2D eigenvalue weighted by Crippen LogP contribution is 2.31. The van der Waals surface area contributed by atoms with Gasteiger partial charge in [-0.05, 0) is 40.2 Å². The number of halogens is 4. The summed E-state index contributed by atoms with van der Waals surface area (Å²) in [4.78, 5) is 0. The van der Waals surface area contributed by atoms with E-state index >= 15 is 0 Å². The van der Waals surface area contributed by atoms with Crippen LogP contribution in [0.25, 0.3) is 0 Å². The van der Waals surface area contributed by atoms with Crippen LogP contribution in [0, 0.1) is 23.0 Å². The highest BCUT2D eigenvalue weighted by molar-refractivity contribution is 9.10. The van der Waals surface area contributed by atoms with Gasteiger partial charge in [-0.25, -0.2) is 8.78 Å². The summed E-state index contributed by atoms with van der Waals surface area (Å²) in [7, 11) is 0. The normalized spacial score (nSPS) is 10.1. The molecule has 0 aliphatic carbocycles. The van der Waals surface area contributed by atoms with Crippen molar-refractivity contribution in [3.05, 3.63) is 57.0 Å². The highest BCUT2D eigenvalue weighted by atomic mass is 79.9. The van der Waals surface area contributed by atoms with Crippen LogP contribution in [-0.2, 0) is 0 Å². The summed E-state index contributed by atoms with van der Waals surface area (Å²) in [6, 6.07) is 8.44. The van der Waals surface area contributed by atoms with Gasteiger partial charge in [0.25, 0.3) is 0 Å². The number of hydrogen-bond donors (Lipinski definition) is 1. The van der Waals surface area contributed by atoms with Crippen LogP contribution in [0.1, 0.15) is 5.56 Å². The minimum atomic E-state index is -0.729.